The van der Waals surface area contributed by atoms with Crippen LogP contribution in [0, 0.1) is 17.3 Å². The number of rotatable bonds is 2. The molecular formula is C11H13N3. The fourth-order valence-electron chi connectivity index (χ4n) is 1.06. The molecule has 1 aromatic rings. The summed E-state index contributed by atoms with van der Waals surface area (Å²) in [5.74, 6) is 5.91. The summed E-state index contributed by atoms with van der Waals surface area (Å²) in [4.78, 5) is 0. The van der Waals surface area contributed by atoms with Gasteiger partial charge in [0, 0.05) is 24.1 Å². The minimum absolute atomic E-state index is 0.0441. The van der Waals surface area contributed by atoms with Crippen molar-refractivity contribution in [2.24, 2.45) is 11.5 Å². The van der Waals surface area contributed by atoms with Crippen molar-refractivity contribution in [3.8, 4) is 11.8 Å². The van der Waals surface area contributed by atoms with Crippen LogP contribution in [-0.2, 0) is 0 Å². The van der Waals surface area contributed by atoms with Gasteiger partial charge in [0.25, 0.3) is 0 Å². The lowest BCUT2D eigenvalue weighted by Crippen LogP contribution is -2.12. The van der Waals surface area contributed by atoms with E-state index < -0.39 is 0 Å². The summed E-state index contributed by atoms with van der Waals surface area (Å²) in [6.45, 7) is 0.551. The van der Waals surface area contributed by atoms with E-state index in [1.807, 2.05) is 18.2 Å². The molecule has 0 unspecified atom stereocenters. The van der Waals surface area contributed by atoms with Gasteiger partial charge >= 0.3 is 0 Å². The van der Waals surface area contributed by atoms with Crippen molar-refractivity contribution in [3.63, 3.8) is 0 Å². The fourth-order valence-corrected chi connectivity index (χ4v) is 1.06. The second-order valence-electron chi connectivity index (χ2n) is 2.80. The zero-order valence-electron chi connectivity index (χ0n) is 7.88. The lowest BCUT2D eigenvalue weighted by molar-refractivity contribution is 1.03. The highest BCUT2D eigenvalue weighted by Gasteiger charge is 2.00. The standard InChI is InChI=1S/C11H13N3/c12-8-4-3-6-9-5-1-2-7-10(9)11(13)14/h1-2,5,7H,4,8,12H2,(H3,13,14). The lowest BCUT2D eigenvalue weighted by Gasteiger charge is -2.00. The zero-order valence-corrected chi connectivity index (χ0v) is 7.88. The first-order valence-electron chi connectivity index (χ1n) is 4.38. The maximum atomic E-state index is 7.34. The molecule has 0 aliphatic heterocycles. The highest BCUT2D eigenvalue weighted by molar-refractivity contribution is 5.97. The largest absolute Gasteiger partial charge is 0.384 e. The average molecular weight is 187 g/mol. The van der Waals surface area contributed by atoms with Crippen LogP contribution < -0.4 is 11.5 Å². The highest BCUT2D eigenvalue weighted by Crippen LogP contribution is 2.05. The minimum Gasteiger partial charge on any atom is -0.384 e. The second kappa shape index (κ2) is 5.05. The van der Waals surface area contributed by atoms with Gasteiger partial charge in [-0.2, -0.15) is 0 Å². The van der Waals surface area contributed by atoms with E-state index >= 15 is 0 Å². The van der Waals surface area contributed by atoms with E-state index in [4.69, 9.17) is 16.9 Å². The van der Waals surface area contributed by atoms with Gasteiger partial charge in [0.05, 0.1) is 0 Å². The van der Waals surface area contributed by atoms with E-state index in [1.165, 1.54) is 0 Å². The summed E-state index contributed by atoms with van der Waals surface area (Å²) in [6, 6.07) is 7.35. The molecule has 72 valence electrons. The third kappa shape index (κ3) is 2.61. The van der Waals surface area contributed by atoms with Gasteiger partial charge in [-0.05, 0) is 6.07 Å². The van der Waals surface area contributed by atoms with E-state index in [0.717, 1.165) is 5.56 Å². The Morgan fingerprint density at radius 1 is 1.36 bits per heavy atom. The summed E-state index contributed by atoms with van der Waals surface area (Å²) >= 11 is 0. The Labute approximate surface area is 83.6 Å². The summed E-state index contributed by atoms with van der Waals surface area (Å²) in [7, 11) is 0. The first-order chi connectivity index (χ1) is 6.75. The third-order valence-electron chi connectivity index (χ3n) is 1.71. The van der Waals surface area contributed by atoms with Crippen LogP contribution in [0.25, 0.3) is 0 Å². The van der Waals surface area contributed by atoms with Gasteiger partial charge in [0.15, 0.2) is 0 Å². The van der Waals surface area contributed by atoms with E-state index in [2.05, 4.69) is 11.8 Å². The molecule has 0 atom stereocenters. The summed E-state index contributed by atoms with van der Waals surface area (Å²) in [6.07, 6.45) is 0.659. The Balaban J connectivity index is 2.97. The first-order valence-corrected chi connectivity index (χ1v) is 4.38. The van der Waals surface area contributed by atoms with Crippen LogP contribution in [0.1, 0.15) is 17.5 Å². The molecule has 0 amide bonds. The average Bonchev–Trinajstić information content (AvgIpc) is 2.19. The Morgan fingerprint density at radius 3 is 2.71 bits per heavy atom. The van der Waals surface area contributed by atoms with Gasteiger partial charge in [-0.1, -0.05) is 30.0 Å². The molecule has 3 nitrogen and oxygen atoms in total. The van der Waals surface area contributed by atoms with Crippen LogP contribution in [0.4, 0.5) is 0 Å². The summed E-state index contributed by atoms with van der Waals surface area (Å²) in [5.41, 5.74) is 12.2. The number of hydrogen-bond donors (Lipinski definition) is 3. The maximum Gasteiger partial charge on any atom is 0.124 e. The molecular weight excluding hydrogens is 174 g/mol. The normalized spacial score (nSPS) is 8.93. The molecule has 0 radical (unpaired) electrons. The highest BCUT2D eigenvalue weighted by atomic mass is 14.7. The summed E-state index contributed by atoms with van der Waals surface area (Å²) in [5, 5.41) is 7.34. The van der Waals surface area contributed by atoms with Gasteiger partial charge in [-0.25, -0.2) is 0 Å². The molecule has 3 heteroatoms. The van der Waals surface area contributed by atoms with Crippen LogP contribution >= 0.6 is 0 Å². The molecule has 0 heterocycles. The van der Waals surface area contributed by atoms with Crippen molar-refractivity contribution in [2.45, 2.75) is 6.42 Å². The molecule has 0 spiro atoms. The Morgan fingerprint density at radius 2 is 2.07 bits per heavy atom. The molecule has 0 aromatic heterocycles. The second-order valence-corrected chi connectivity index (χ2v) is 2.80. The van der Waals surface area contributed by atoms with Crippen molar-refractivity contribution in [1.29, 1.82) is 5.41 Å². The number of nitrogens with one attached hydrogen (secondary N) is 1. The number of nitrogens with two attached hydrogens (primary N) is 2. The summed E-state index contributed by atoms with van der Waals surface area (Å²) < 4.78 is 0. The predicted molar refractivity (Wildman–Crippen MR) is 58.0 cm³/mol. The topological polar surface area (TPSA) is 75.9 Å². The molecule has 0 aliphatic carbocycles. The van der Waals surface area contributed by atoms with Crippen molar-refractivity contribution < 1.29 is 0 Å². The molecule has 14 heavy (non-hydrogen) atoms. The number of nitrogen functional groups attached to an aromatic ring is 1. The van der Waals surface area contributed by atoms with Gasteiger partial charge in [-0.3, -0.25) is 5.41 Å². The molecule has 0 aliphatic rings. The zero-order chi connectivity index (χ0) is 10.4. The van der Waals surface area contributed by atoms with Crippen molar-refractivity contribution in [2.75, 3.05) is 6.54 Å². The van der Waals surface area contributed by atoms with E-state index in [1.54, 1.807) is 6.07 Å². The first kappa shape index (κ1) is 10.3. The van der Waals surface area contributed by atoms with Crippen molar-refractivity contribution >= 4 is 5.84 Å². The van der Waals surface area contributed by atoms with Crippen molar-refractivity contribution in [3.05, 3.63) is 35.4 Å². The van der Waals surface area contributed by atoms with E-state index in [9.17, 15) is 0 Å². The maximum absolute atomic E-state index is 7.34. The Hall–Kier alpha value is -1.79. The SMILES string of the molecule is N=C(N)c1ccccc1C#CCCN. The van der Waals surface area contributed by atoms with Crippen LogP contribution in [0.2, 0.25) is 0 Å². The molecule has 1 rings (SSSR count). The Kier molecular flexibility index (Phi) is 3.71. The van der Waals surface area contributed by atoms with E-state index in [-0.39, 0.29) is 5.84 Å². The smallest absolute Gasteiger partial charge is 0.124 e. The molecule has 0 bridgehead atoms. The van der Waals surface area contributed by atoms with Gasteiger partial charge < -0.3 is 11.5 Å². The lowest BCUT2D eigenvalue weighted by atomic mass is 10.1. The van der Waals surface area contributed by atoms with Crippen LogP contribution in [0.3, 0.4) is 0 Å². The number of benzene rings is 1. The molecule has 0 fully saturated rings. The van der Waals surface area contributed by atoms with Crippen LogP contribution in [0.15, 0.2) is 24.3 Å². The molecule has 1 aromatic carbocycles. The number of hydrogen-bond acceptors (Lipinski definition) is 2. The fraction of sp³-hybridized carbons (Fsp3) is 0.182. The third-order valence-corrected chi connectivity index (χ3v) is 1.71. The monoisotopic (exact) mass is 187 g/mol. The number of amidine groups is 1. The van der Waals surface area contributed by atoms with Gasteiger partial charge in [0.2, 0.25) is 0 Å². The molecule has 0 saturated carbocycles. The molecule has 0 saturated heterocycles. The predicted octanol–water partition coefficient (Wildman–Crippen LogP) is 0.671. The van der Waals surface area contributed by atoms with Crippen molar-refractivity contribution in [1.82, 2.24) is 0 Å². The van der Waals surface area contributed by atoms with E-state index in [0.29, 0.717) is 18.5 Å². The van der Waals surface area contributed by atoms with Crippen LogP contribution in [-0.4, -0.2) is 12.4 Å². The van der Waals surface area contributed by atoms with Gasteiger partial charge in [-0.15, -0.1) is 0 Å². The Bertz CT molecular complexity index is 385. The molecule has 5 N–H and O–H groups in total. The van der Waals surface area contributed by atoms with Crippen LogP contribution in [0.5, 0.6) is 0 Å². The van der Waals surface area contributed by atoms with Gasteiger partial charge in [0.1, 0.15) is 5.84 Å². The minimum atomic E-state index is 0.0441. The quantitative estimate of drug-likeness (QED) is 0.361.